The summed E-state index contributed by atoms with van der Waals surface area (Å²) in [6.45, 7) is 8.86. The molecule has 2 fully saturated rings. The van der Waals surface area contributed by atoms with Gasteiger partial charge >= 0.3 is 0 Å². The molecule has 0 radical (unpaired) electrons. The van der Waals surface area contributed by atoms with Crippen LogP contribution in [0.2, 0.25) is 0 Å². The molecule has 11 nitrogen and oxygen atoms in total. The molecule has 3 aromatic rings. The number of nitrogens with one attached hydrogen (secondary N) is 1. The SMILES string of the molecule is Nc1ncc(-c2nc(N3CCOCC3)nc3c2ncn3CCN2CCNCC2)cn1. The zero-order valence-corrected chi connectivity index (χ0v) is 16.9. The number of ether oxygens (including phenoxy) is 1. The number of anilines is 2. The number of nitrogens with two attached hydrogens (primary N) is 1. The average Bonchev–Trinajstić information content (AvgIpc) is 3.22. The van der Waals surface area contributed by atoms with Gasteiger partial charge in [0.05, 0.1) is 19.5 Å². The van der Waals surface area contributed by atoms with Crippen molar-refractivity contribution in [2.75, 3.05) is 69.7 Å². The van der Waals surface area contributed by atoms with Crippen LogP contribution in [0.15, 0.2) is 18.7 Å². The lowest BCUT2D eigenvalue weighted by atomic mass is 10.2. The van der Waals surface area contributed by atoms with Crippen molar-refractivity contribution < 1.29 is 4.74 Å². The number of aromatic nitrogens is 6. The summed E-state index contributed by atoms with van der Waals surface area (Å²) in [5.41, 5.74) is 8.75. The van der Waals surface area contributed by atoms with Crippen LogP contribution in [0.4, 0.5) is 11.9 Å². The number of hydrogen-bond donors (Lipinski definition) is 2. The van der Waals surface area contributed by atoms with Crippen LogP contribution in [0.5, 0.6) is 0 Å². The van der Waals surface area contributed by atoms with Crippen LogP contribution in [0.25, 0.3) is 22.4 Å². The standard InChI is InChI=1S/C19H26N10O/c20-18-22-11-14(12-23-18)15-16-17(26-19(25-15)28-7-9-30-10-8-28)29(13-24-16)6-5-27-3-1-21-2-4-27/h11-13,21H,1-10H2,(H2,20,22,23). The summed E-state index contributed by atoms with van der Waals surface area (Å²) in [7, 11) is 0. The number of fused-ring (bicyclic) bond motifs is 1. The fourth-order valence-electron chi connectivity index (χ4n) is 3.85. The highest BCUT2D eigenvalue weighted by Crippen LogP contribution is 2.27. The first-order valence-corrected chi connectivity index (χ1v) is 10.3. The zero-order chi connectivity index (χ0) is 20.3. The molecule has 11 heteroatoms. The molecule has 158 valence electrons. The predicted molar refractivity (Wildman–Crippen MR) is 113 cm³/mol. The van der Waals surface area contributed by atoms with Crippen LogP contribution in [-0.2, 0) is 11.3 Å². The molecule has 30 heavy (non-hydrogen) atoms. The predicted octanol–water partition coefficient (Wildman–Crippen LogP) is -0.393. The van der Waals surface area contributed by atoms with Crippen molar-refractivity contribution >= 4 is 23.1 Å². The van der Waals surface area contributed by atoms with E-state index in [4.69, 9.17) is 20.4 Å². The minimum Gasteiger partial charge on any atom is -0.378 e. The van der Waals surface area contributed by atoms with E-state index in [1.54, 1.807) is 12.4 Å². The number of morpholine rings is 1. The summed E-state index contributed by atoms with van der Waals surface area (Å²) in [5.74, 6) is 0.917. The molecule has 0 unspecified atom stereocenters. The van der Waals surface area contributed by atoms with E-state index in [-0.39, 0.29) is 5.95 Å². The molecular formula is C19H26N10O. The minimum atomic E-state index is 0.235. The van der Waals surface area contributed by atoms with Gasteiger partial charge in [-0.25, -0.2) is 19.9 Å². The van der Waals surface area contributed by atoms with Gasteiger partial charge < -0.3 is 25.3 Å². The molecule has 0 aliphatic carbocycles. The van der Waals surface area contributed by atoms with Gasteiger partial charge in [0.15, 0.2) is 5.65 Å². The summed E-state index contributed by atoms with van der Waals surface area (Å²) in [6, 6.07) is 0. The van der Waals surface area contributed by atoms with Crippen LogP contribution in [0.3, 0.4) is 0 Å². The van der Waals surface area contributed by atoms with Crippen molar-refractivity contribution in [2.45, 2.75) is 6.54 Å². The first-order valence-electron chi connectivity index (χ1n) is 10.3. The second-order valence-corrected chi connectivity index (χ2v) is 7.50. The molecule has 5 rings (SSSR count). The van der Waals surface area contributed by atoms with E-state index >= 15 is 0 Å². The van der Waals surface area contributed by atoms with Crippen molar-refractivity contribution in [3.63, 3.8) is 0 Å². The third kappa shape index (κ3) is 3.91. The highest BCUT2D eigenvalue weighted by atomic mass is 16.5. The van der Waals surface area contributed by atoms with Crippen LogP contribution in [-0.4, -0.2) is 93.4 Å². The maximum absolute atomic E-state index is 5.67. The number of rotatable bonds is 5. The summed E-state index contributed by atoms with van der Waals surface area (Å²) < 4.78 is 7.61. The summed E-state index contributed by atoms with van der Waals surface area (Å²) in [4.78, 5) is 27.2. The average molecular weight is 410 g/mol. The lowest BCUT2D eigenvalue weighted by molar-refractivity contribution is 0.122. The maximum Gasteiger partial charge on any atom is 0.228 e. The Bertz CT molecular complexity index is 992. The molecule has 3 N–H and O–H groups in total. The summed E-state index contributed by atoms with van der Waals surface area (Å²) in [6.07, 6.45) is 5.23. The van der Waals surface area contributed by atoms with E-state index in [9.17, 15) is 0 Å². The number of piperazine rings is 1. The van der Waals surface area contributed by atoms with Crippen LogP contribution in [0.1, 0.15) is 0 Å². The second-order valence-electron chi connectivity index (χ2n) is 7.50. The lowest BCUT2D eigenvalue weighted by Gasteiger charge is -2.28. The van der Waals surface area contributed by atoms with Gasteiger partial charge in [0.2, 0.25) is 11.9 Å². The molecule has 0 bridgehead atoms. The van der Waals surface area contributed by atoms with Gasteiger partial charge in [-0.15, -0.1) is 0 Å². The third-order valence-corrected chi connectivity index (χ3v) is 5.56. The zero-order valence-electron chi connectivity index (χ0n) is 16.9. The van der Waals surface area contributed by atoms with E-state index in [1.807, 2.05) is 6.33 Å². The van der Waals surface area contributed by atoms with Crippen molar-refractivity contribution in [1.82, 2.24) is 39.7 Å². The Morgan fingerprint density at radius 2 is 1.73 bits per heavy atom. The third-order valence-electron chi connectivity index (χ3n) is 5.56. The Hall–Kier alpha value is -2.89. The molecule has 0 atom stereocenters. The molecule has 0 saturated carbocycles. The topological polar surface area (TPSA) is 123 Å². The largest absolute Gasteiger partial charge is 0.378 e. The lowest BCUT2D eigenvalue weighted by Crippen LogP contribution is -2.44. The second kappa shape index (κ2) is 8.46. The van der Waals surface area contributed by atoms with Crippen LogP contribution in [0, 0.1) is 0 Å². The molecule has 0 amide bonds. The first kappa shape index (κ1) is 19.1. The van der Waals surface area contributed by atoms with Crippen molar-refractivity contribution in [2.24, 2.45) is 0 Å². The Morgan fingerprint density at radius 1 is 0.967 bits per heavy atom. The molecule has 0 aromatic carbocycles. The molecule has 2 saturated heterocycles. The Kier molecular flexibility index (Phi) is 5.39. The van der Waals surface area contributed by atoms with Crippen LogP contribution >= 0.6 is 0 Å². The Morgan fingerprint density at radius 3 is 2.50 bits per heavy atom. The first-order chi connectivity index (χ1) is 14.8. The van der Waals surface area contributed by atoms with Gasteiger partial charge in [0.1, 0.15) is 11.2 Å². The molecular weight excluding hydrogens is 384 g/mol. The van der Waals surface area contributed by atoms with E-state index in [0.29, 0.717) is 19.2 Å². The monoisotopic (exact) mass is 410 g/mol. The smallest absolute Gasteiger partial charge is 0.228 e. The normalized spacial score (nSPS) is 18.2. The van der Waals surface area contributed by atoms with E-state index in [1.165, 1.54) is 0 Å². The fraction of sp³-hybridized carbons (Fsp3) is 0.526. The van der Waals surface area contributed by atoms with Crippen LogP contribution < -0.4 is 16.0 Å². The Labute approximate surface area is 174 Å². The maximum atomic E-state index is 5.67. The van der Waals surface area contributed by atoms with Gasteiger partial charge in [-0.3, -0.25) is 4.90 Å². The molecule has 2 aliphatic rings. The molecule has 3 aromatic heterocycles. The minimum absolute atomic E-state index is 0.235. The highest BCUT2D eigenvalue weighted by Gasteiger charge is 2.21. The van der Waals surface area contributed by atoms with Gasteiger partial charge in [-0.2, -0.15) is 4.98 Å². The molecule has 2 aliphatic heterocycles. The Balaban J connectivity index is 1.52. The van der Waals surface area contributed by atoms with Crippen molar-refractivity contribution in [1.29, 1.82) is 0 Å². The molecule has 5 heterocycles. The summed E-state index contributed by atoms with van der Waals surface area (Å²) in [5, 5.41) is 3.39. The van der Waals surface area contributed by atoms with E-state index < -0.39 is 0 Å². The van der Waals surface area contributed by atoms with E-state index in [0.717, 1.165) is 74.8 Å². The van der Waals surface area contributed by atoms with Gasteiger partial charge in [0.25, 0.3) is 0 Å². The van der Waals surface area contributed by atoms with E-state index in [2.05, 4.69) is 34.6 Å². The quantitative estimate of drug-likeness (QED) is 0.575. The van der Waals surface area contributed by atoms with Gasteiger partial charge in [0, 0.05) is 70.3 Å². The van der Waals surface area contributed by atoms with Gasteiger partial charge in [-0.05, 0) is 0 Å². The summed E-state index contributed by atoms with van der Waals surface area (Å²) >= 11 is 0. The van der Waals surface area contributed by atoms with Gasteiger partial charge in [-0.1, -0.05) is 0 Å². The number of hydrogen-bond acceptors (Lipinski definition) is 10. The number of nitrogen functional groups attached to an aromatic ring is 1. The molecule has 0 spiro atoms. The van der Waals surface area contributed by atoms with Crippen molar-refractivity contribution in [3.05, 3.63) is 18.7 Å². The van der Waals surface area contributed by atoms with Crippen molar-refractivity contribution in [3.8, 4) is 11.3 Å². The number of imidazole rings is 1. The highest BCUT2D eigenvalue weighted by molar-refractivity contribution is 5.88. The number of nitrogens with zero attached hydrogens (tertiary/aromatic N) is 8. The fourth-order valence-corrected chi connectivity index (χ4v) is 3.85.